The smallest absolute Gasteiger partial charge is 0.118 e. The van der Waals surface area contributed by atoms with Crippen molar-refractivity contribution in [1.29, 1.82) is 0 Å². The summed E-state index contributed by atoms with van der Waals surface area (Å²) < 4.78 is 5.19. The van der Waals surface area contributed by atoms with Gasteiger partial charge in [-0.2, -0.15) is 0 Å². The molecular formula is C18H24N2O. The van der Waals surface area contributed by atoms with Gasteiger partial charge in [-0.25, -0.2) is 0 Å². The molecule has 0 fully saturated rings. The van der Waals surface area contributed by atoms with E-state index in [0.717, 1.165) is 12.2 Å². The monoisotopic (exact) mass is 284 g/mol. The van der Waals surface area contributed by atoms with Crippen LogP contribution in [0.1, 0.15) is 17.0 Å². The number of nitrogens with two attached hydrogens (primary N) is 1. The summed E-state index contributed by atoms with van der Waals surface area (Å²) in [5.41, 5.74) is 9.75. The van der Waals surface area contributed by atoms with Crippen molar-refractivity contribution in [1.82, 2.24) is 0 Å². The molecule has 0 radical (unpaired) electrons. The van der Waals surface area contributed by atoms with E-state index < -0.39 is 0 Å². The maximum absolute atomic E-state index is 5.97. The Morgan fingerprint density at radius 3 is 2.10 bits per heavy atom. The number of nitrogens with zero attached hydrogens (tertiary/aromatic N) is 1. The normalized spacial score (nSPS) is 12.0. The zero-order valence-corrected chi connectivity index (χ0v) is 13.0. The molecule has 21 heavy (non-hydrogen) atoms. The zero-order chi connectivity index (χ0) is 15.2. The van der Waals surface area contributed by atoms with Gasteiger partial charge in [0.05, 0.1) is 7.11 Å². The highest BCUT2D eigenvalue weighted by Gasteiger charge is 2.11. The fourth-order valence-corrected chi connectivity index (χ4v) is 2.43. The minimum atomic E-state index is 0.342. The van der Waals surface area contributed by atoms with E-state index in [1.165, 1.54) is 16.8 Å². The van der Waals surface area contributed by atoms with Crippen molar-refractivity contribution in [3.63, 3.8) is 0 Å². The Hall–Kier alpha value is -2.00. The molecule has 2 rings (SSSR count). The summed E-state index contributed by atoms with van der Waals surface area (Å²) in [5, 5.41) is 0. The van der Waals surface area contributed by atoms with E-state index in [-0.39, 0.29) is 0 Å². The van der Waals surface area contributed by atoms with Crippen LogP contribution in [0.5, 0.6) is 5.75 Å². The van der Waals surface area contributed by atoms with Crippen LogP contribution in [0.25, 0.3) is 0 Å². The van der Waals surface area contributed by atoms with E-state index in [1.54, 1.807) is 7.11 Å². The quantitative estimate of drug-likeness (QED) is 0.886. The molecular weight excluding hydrogens is 260 g/mol. The fourth-order valence-electron chi connectivity index (χ4n) is 2.43. The van der Waals surface area contributed by atoms with E-state index in [1.807, 2.05) is 26.2 Å². The largest absolute Gasteiger partial charge is 0.497 e. The first-order valence-electron chi connectivity index (χ1n) is 7.24. The lowest BCUT2D eigenvalue weighted by molar-refractivity contribution is 0.414. The lowest BCUT2D eigenvalue weighted by Crippen LogP contribution is -2.15. The van der Waals surface area contributed by atoms with Gasteiger partial charge in [-0.15, -0.1) is 0 Å². The van der Waals surface area contributed by atoms with Gasteiger partial charge in [0.1, 0.15) is 5.75 Å². The van der Waals surface area contributed by atoms with Gasteiger partial charge < -0.3 is 15.4 Å². The number of anilines is 1. The molecule has 2 aromatic carbocycles. The molecule has 0 aliphatic heterocycles. The van der Waals surface area contributed by atoms with Crippen LogP contribution >= 0.6 is 0 Å². The second kappa shape index (κ2) is 7.14. The van der Waals surface area contributed by atoms with Crippen molar-refractivity contribution >= 4 is 5.69 Å². The first-order chi connectivity index (χ1) is 10.1. The highest BCUT2D eigenvalue weighted by Crippen LogP contribution is 2.23. The minimum absolute atomic E-state index is 0.342. The molecule has 0 saturated heterocycles. The average molecular weight is 284 g/mol. The topological polar surface area (TPSA) is 38.5 Å². The Labute approximate surface area is 127 Å². The van der Waals surface area contributed by atoms with E-state index in [4.69, 9.17) is 10.5 Å². The molecule has 112 valence electrons. The highest BCUT2D eigenvalue weighted by molar-refractivity contribution is 5.46. The van der Waals surface area contributed by atoms with Gasteiger partial charge >= 0.3 is 0 Å². The lowest BCUT2D eigenvalue weighted by atomic mass is 9.92. The summed E-state index contributed by atoms with van der Waals surface area (Å²) >= 11 is 0. The molecule has 2 aromatic rings. The molecule has 0 saturated carbocycles. The van der Waals surface area contributed by atoms with Gasteiger partial charge in [0.25, 0.3) is 0 Å². The van der Waals surface area contributed by atoms with E-state index >= 15 is 0 Å². The summed E-state index contributed by atoms with van der Waals surface area (Å²) in [6.07, 6.45) is 0.946. The molecule has 0 heterocycles. The summed E-state index contributed by atoms with van der Waals surface area (Å²) in [6, 6.07) is 16.9. The second-order valence-corrected chi connectivity index (χ2v) is 5.47. The predicted molar refractivity (Wildman–Crippen MR) is 89.3 cm³/mol. The maximum atomic E-state index is 5.97. The third kappa shape index (κ3) is 3.99. The van der Waals surface area contributed by atoms with Crippen molar-refractivity contribution in [3.05, 3.63) is 59.7 Å². The fraction of sp³-hybridized carbons (Fsp3) is 0.333. The maximum Gasteiger partial charge on any atom is 0.118 e. The van der Waals surface area contributed by atoms with Crippen LogP contribution in [-0.4, -0.2) is 27.7 Å². The number of methoxy groups -OCH3 is 1. The average Bonchev–Trinajstić information content (AvgIpc) is 2.53. The first-order valence-corrected chi connectivity index (χ1v) is 7.24. The number of hydrogen-bond acceptors (Lipinski definition) is 3. The number of ether oxygens (including phenoxy) is 1. The SMILES string of the molecule is COc1ccc(CC(CN)c2ccc(N(C)C)cc2)cc1. The second-order valence-electron chi connectivity index (χ2n) is 5.47. The van der Waals surface area contributed by atoms with Crippen molar-refractivity contribution in [2.45, 2.75) is 12.3 Å². The Balaban J connectivity index is 2.11. The molecule has 1 atom stereocenters. The number of hydrogen-bond donors (Lipinski definition) is 1. The van der Waals surface area contributed by atoms with Gasteiger partial charge in [-0.1, -0.05) is 24.3 Å². The minimum Gasteiger partial charge on any atom is -0.497 e. The lowest BCUT2D eigenvalue weighted by Gasteiger charge is -2.18. The third-order valence-electron chi connectivity index (χ3n) is 3.81. The molecule has 3 nitrogen and oxygen atoms in total. The van der Waals surface area contributed by atoms with Crippen LogP contribution < -0.4 is 15.4 Å². The van der Waals surface area contributed by atoms with Gasteiger partial charge in [-0.3, -0.25) is 0 Å². The van der Waals surface area contributed by atoms with Crippen LogP contribution in [0.2, 0.25) is 0 Å². The van der Waals surface area contributed by atoms with Crippen molar-refractivity contribution in [2.24, 2.45) is 5.73 Å². The molecule has 0 aliphatic rings. The first kappa shape index (κ1) is 15.4. The van der Waals surface area contributed by atoms with Crippen molar-refractivity contribution in [2.75, 3.05) is 32.6 Å². The summed E-state index contributed by atoms with van der Waals surface area (Å²) in [7, 11) is 5.78. The third-order valence-corrected chi connectivity index (χ3v) is 3.81. The molecule has 3 heteroatoms. The summed E-state index contributed by atoms with van der Waals surface area (Å²) in [6.45, 7) is 0.646. The Bertz CT molecular complexity index is 546. The Morgan fingerprint density at radius 2 is 1.62 bits per heavy atom. The van der Waals surface area contributed by atoms with Gasteiger partial charge in [-0.05, 0) is 48.4 Å². The van der Waals surface area contributed by atoms with E-state index in [0.29, 0.717) is 12.5 Å². The standard InChI is InChI=1S/C18H24N2O/c1-20(2)17-8-6-15(7-9-17)16(13-19)12-14-4-10-18(21-3)11-5-14/h4-11,16H,12-13,19H2,1-3H3. The van der Waals surface area contributed by atoms with Gasteiger partial charge in [0, 0.05) is 25.7 Å². The zero-order valence-electron chi connectivity index (χ0n) is 13.0. The van der Waals surface area contributed by atoms with Crippen molar-refractivity contribution in [3.8, 4) is 5.75 Å². The molecule has 0 bridgehead atoms. The molecule has 2 N–H and O–H groups in total. The number of benzene rings is 2. The van der Waals surface area contributed by atoms with Crippen LogP contribution in [0.15, 0.2) is 48.5 Å². The Kier molecular flexibility index (Phi) is 5.23. The van der Waals surface area contributed by atoms with Crippen molar-refractivity contribution < 1.29 is 4.74 Å². The molecule has 0 aromatic heterocycles. The van der Waals surface area contributed by atoms with E-state index in [9.17, 15) is 0 Å². The highest BCUT2D eigenvalue weighted by atomic mass is 16.5. The predicted octanol–water partition coefficient (Wildman–Crippen LogP) is 3.05. The van der Waals surface area contributed by atoms with Crippen LogP contribution in [0.4, 0.5) is 5.69 Å². The summed E-state index contributed by atoms with van der Waals surface area (Å²) in [5.74, 6) is 1.23. The van der Waals surface area contributed by atoms with Crippen LogP contribution in [0.3, 0.4) is 0 Å². The summed E-state index contributed by atoms with van der Waals surface area (Å²) in [4.78, 5) is 2.10. The number of rotatable bonds is 6. The molecule has 0 spiro atoms. The van der Waals surface area contributed by atoms with Gasteiger partial charge in [0.2, 0.25) is 0 Å². The molecule has 0 amide bonds. The van der Waals surface area contributed by atoms with Crippen LogP contribution in [-0.2, 0) is 6.42 Å². The van der Waals surface area contributed by atoms with Crippen LogP contribution in [0, 0.1) is 0 Å². The molecule has 1 unspecified atom stereocenters. The Morgan fingerprint density at radius 1 is 1.00 bits per heavy atom. The van der Waals surface area contributed by atoms with E-state index in [2.05, 4.69) is 41.3 Å². The molecule has 0 aliphatic carbocycles. The van der Waals surface area contributed by atoms with Gasteiger partial charge in [0.15, 0.2) is 0 Å².